The number of nitrogens with one attached hydrogen (secondary N) is 2. The van der Waals surface area contributed by atoms with Crippen LogP contribution in [0.2, 0.25) is 0 Å². The van der Waals surface area contributed by atoms with E-state index in [4.69, 9.17) is 9.84 Å². The monoisotopic (exact) mass is 418 g/mol. The average Bonchev–Trinajstić information content (AvgIpc) is 3.14. The molecular weight excluding hydrogens is 378 g/mol. The van der Waals surface area contributed by atoms with Crippen LogP contribution in [0.15, 0.2) is 0 Å². The summed E-state index contributed by atoms with van der Waals surface area (Å²) < 4.78 is 6.49. The maximum absolute atomic E-state index is 11.1. The van der Waals surface area contributed by atoms with E-state index in [-0.39, 0.29) is 24.5 Å². The van der Waals surface area contributed by atoms with Gasteiger partial charge in [0.05, 0.1) is 39.8 Å². The Morgan fingerprint density at radius 1 is 1.18 bits per heavy atom. The molecule has 3 N–H and O–H groups in total. The molecule has 2 aliphatic heterocycles. The summed E-state index contributed by atoms with van der Waals surface area (Å²) in [6.07, 6.45) is 6.67. The Kier molecular flexibility index (Phi) is 11.9. The number of carboxylic acids is 1. The molecule has 8 heteroatoms. The number of fused-ring (bicyclic) bond motifs is 1. The third kappa shape index (κ3) is 11.1. The number of carboxylic acid groups (broad SMARTS) is 1. The van der Waals surface area contributed by atoms with Crippen molar-refractivity contribution in [3.05, 3.63) is 0 Å². The van der Waals surface area contributed by atoms with Crippen molar-refractivity contribution in [2.75, 3.05) is 46.7 Å². The van der Waals surface area contributed by atoms with E-state index in [9.17, 15) is 9.59 Å². The van der Waals surface area contributed by atoms with Crippen molar-refractivity contribution in [2.45, 2.75) is 69.2 Å². The van der Waals surface area contributed by atoms with Crippen molar-refractivity contribution < 1.29 is 23.9 Å². The van der Waals surface area contributed by atoms with E-state index in [0.717, 1.165) is 49.3 Å². The van der Waals surface area contributed by atoms with Crippen molar-refractivity contribution in [3.63, 3.8) is 0 Å². The third-order valence-electron chi connectivity index (χ3n) is 4.87. The fourth-order valence-corrected chi connectivity index (χ4v) is 4.70. The molecule has 0 unspecified atom stereocenters. The minimum atomic E-state index is -0.729. The van der Waals surface area contributed by atoms with E-state index in [2.05, 4.69) is 38.7 Å². The zero-order valence-electron chi connectivity index (χ0n) is 18.0. The average molecular weight is 419 g/mol. The molecule has 2 rings (SSSR count). The molecule has 0 aromatic heterocycles. The maximum atomic E-state index is 11.1. The van der Waals surface area contributed by atoms with Crippen LogP contribution in [0.5, 0.6) is 0 Å². The number of carbonyl (C=O) groups excluding carboxylic acids is 1. The Balaban J connectivity index is 0.000000295. The van der Waals surface area contributed by atoms with Crippen LogP contribution in [0.3, 0.4) is 0 Å². The second-order valence-corrected chi connectivity index (χ2v) is 9.87. The van der Waals surface area contributed by atoms with Crippen LogP contribution in [0.25, 0.3) is 0 Å². The van der Waals surface area contributed by atoms with E-state index in [1.165, 1.54) is 19.3 Å². The summed E-state index contributed by atoms with van der Waals surface area (Å²) in [4.78, 5) is 21.5. The highest BCUT2D eigenvalue weighted by atomic mass is 32.2. The highest BCUT2D eigenvalue weighted by molar-refractivity contribution is 8.00. The lowest BCUT2D eigenvalue weighted by atomic mass is 10.0. The second-order valence-electron chi connectivity index (χ2n) is 8.59. The van der Waals surface area contributed by atoms with Crippen LogP contribution in [-0.4, -0.2) is 85.6 Å². The molecule has 0 aromatic rings. The summed E-state index contributed by atoms with van der Waals surface area (Å²) in [5.41, 5.74) is 0. The summed E-state index contributed by atoms with van der Waals surface area (Å²) in [7, 11) is 6.57. The molecule has 2 heterocycles. The minimum absolute atomic E-state index is 0.0640. The van der Waals surface area contributed by atoms with Gasteiger partial charge in [-0.05, 0) is 19.3 Å². The van der Waals surface area contributed by atoms with E-state index in [1.807, 2.05) is 11.8 Å². The first kappa shape index (κ1) is 25.0. The lowest BCUT2D eigenvalue weighted by molar-refractivity contribution is -0.870. The number of ether oxygens (including phenoxy) is 1. The van der Waals surface area contributed by atoms with Crippen LogP contribution < -0.4 is 10.6 Å². The Labute approximate surface area is 174 Å². The predicted octanol–water partition coefficient (Wildman–Crippen LogP) is 2.70. The number of unbranched alkanes of at least 4 members (excludes halogenated alkanes) is 3. The molecule has 2 amide bonds. The maximum Gasteiger partial charge on any atom is 0.315 e. The Hall–Kier alpha value is -0.990. The van der Waals surface area contributed by atoms with Gasteiger partial charge in [0.25, 0.3) is 0 Å². The van der Waals surface area contributed by atoms with Gasteiger partial charge < -0.3 is 25.0 Å². The summed E-state index contributed by atoms with van der Waals surface area (Å²) in [6.45, 7) is 5.15. The molecule has 164 valence electrons. The highest BCUT2D eigenvalue weighted by Gasteiger charge is 2.42. The van der Waals surface area contributed by atoms with E-state index >= 15 is 0 Å². The van der Waals surface area contributed by atoms with Crippen LogP contribution in [-0.2, 0) is 9.53 Å². The molecule has 0 aliphatic carbocycles. The zero-order valence-corrected chi connectivity index (χ0v) is 18.9. The highest BCUT2D eigenvalue weighted by Crippen LogP contribution is 2.33. The number of amides is 2. The van der Waals surface area contributed by atoms with Gasteiger partial charge in [0.2, 0.25) is 0 Å². The molecule has 0 spiro atoms. The number of hydrogen-bond donors (Lipinski definition) is 3. The number of carbonyl (C=O) groups is 2. The largest absolute Gasteiger partial charge is 0.481 e. The lowest BCUT2D eigenvalue weighted by Crippen LogP contribution is -2.37. The van der Waals surface area contributed by atoms with Crippen molar-refractivity contribution >= 4 is 23.8 Å². The topological polar surface area (TPSA) is 87.7 Å². The molecule has 7 nitrogen and oxygen atoms in total. The minimum Gasteiger partial charge on any atom is -0.481 e. The molecule has 3 atom stereocenters. The van der Waals surface area contributed by atoms with Crippen molar-refractivity contribution in [1.82, 2.24) is 10.6 Å². The number of thioether (sulfide) groups is 1. The van der Waals surface area contributed by atoms with Gasteiger partial charge in [-0.25, -0.2) is 4.79 Å². The molecule has 28 heavy (non-hydrogen) atoms. The smallest absolute Gasteiger partial charge is 0.315 e. The molecule has 2 saturated heterocycles. The number of urea groups is 1. The zero-order chi connectivity index (χ0) is 21.0. The van der Waals surface area contributed by atoms with E-state index < -0.39 is 5.97 Å². The summed E-state index contributed by atoms with van der Waals surface area (Å²) >= 11 is 1.87. The number of rotatable bonds is 12. The number of likely N-dealkylation sites (N-methyl/N-ethyl adjacent to an activating group) is 1. The van der Waals surface area contributed by atoms with Crippen LogP contribution in [0, 0.1) is 0 Å². The number of nitrogens with zero attached hydrogens (tertiary/aromatic N) is 1. The fraction of sp³-hybridized carbons (Fsp3) is 0.900. The van der Waals surface area contributed by atoms with Crippen molar-refractivity contribution in [1.29, 1.82) is 0 Å². The van der Waals surface area contributed by atoms with Crippen molar-refractivity contribution in [2.24, 2.45) is 0 Å². The quantitative estimate of drug-likeness (QED) is 0.258. The van der Waals surface area contributed by atoms with Gasteiger partial charge in [0.15, 0.2) is 0 Å². The van der Waals surface area contributed by atoms with Gasteiger partial charge in [0.1, 0.15) is 6.54 Å². The Bertz CT molecular complexity index is 471. The van der Waals surface area contributed by atoms with Gasteiger partial charge in [-0.1, -0.05) is 26.2 Å². The summed E-state index contributed by atoms with van der Waals surface area (Å²) in [5, 5.41) is 14.8. The van der Waals surface area contributed by atoms with E-state index in [0.29, 0.717) is 5.25 Å². The van der Waals surface area contributed by atoms with Gasteiger partial charge in [-0.2, -0.15) is 11.8 Å². The SMILES string of the molecule is CCCCCOCC[N+](C)(C)C.O=C(O)CCCC[C@@H]1SC[C@@H]2NC(=O)N[C@@H]21. The number of quaternary nitrogens is 1. The van der Waals surface area contributed by atoms with Crippen LogP contribution >= 0.6 is 11.8 Å². The molecule has 0 radical (unpaired) electrons. The summed E-state index contributed by atoms with van der Waals surface area (Å²) in [5.74, 6) is 0.236. The molecular formula is C20H40N3O4S+. The molecule has 2 fully saturated rings. The summed E-state index contributed by atoms with van der Waals surface area (Å²) in [6, 6.07) is 0.440. The normalized spacial score (nSPS) is 23.4. The lowest BCUT2D eigenvalue weighted by Gasteiger charge is -2.23. The first-order chi connectivity index (χ1) is 13.2. The number of aliphatic carboxylic acids is 1. The first-order valence-electron chi connectivity index (χ1n) is 10.5. The number of hydrogen-bond acceptors (Lipinski definition) is 4. The molecule has 0 saturated carbocycles. The van der Waals surface area contributed by atoms with Gasteiger partial charge in [-0.15, -0.1) is 0 Å². The molecule has 0 bridgehead atoms. The van der Waals surface area contributed by atoms with Crippen molar-refractivity contribution in [3.8, 4) is 0 Å². The molecule has 0 aromatic carbocycles. The Morgan fingerprint density at radius 3 is 2.57 bits per heavy atom. The fourth-order valence-electron chi connectivity index (χ4n) is 3.16. The first-order valence-corrected chi connectivity index (χ1v) is 11.6. The van der Waals surface area contributed by atoms with Gasteiger partial charge in [0, 0.05) is 24.0 Å². The third-order valence-corrected chi connectivity index (χ3v) is 6.37. The standard InChI is InChI=1S/C10H16N2O3S.C10H24NO/c13-8(14)4-2-1-3-7-9-6(5-16-7)11-10(15)12-9;1-5-6-7-9-12-10-8-11(2,3)4/h6-7,9H,1-5H2,(H,13,14)(H2,11,12,15);5-10H2,1-4H3/q;+1/t6-,7-,9-;/m0./s1. The van der Waals surface area contributed by atoms with E-state index in [1.54, 1.807) is 0 Å². The van der Waals surface area contributed by atoms with Crippen LogP contribution in [0.1, 0.15) is 51.9 Å². The molecule has 2 aliphatic rings. The predicted molar refractivity (Wildman–Crippen MR) is 115 cm³/mol. The second kappa shape index (κ2) is 13.3. The Morgan fingerprint density at radius 2 is 1.93 bits per heavy atom. The van der Waals surface area contributed by atoms with Gasteiger partial charge >= 0.3 is 12.0 Å². The van der Waals surface area contributed by atoms with Crippen LogP contribution in [0.4, 0.5) is 4.79 Å². The van der Waals surface area contributed by atoms with Gasteiger partial charge in [-0.3, -0.25) is 4.79 Å².